The summed E-state index contributed by atoms with van der Waals surface area (Å²) in [6.07, 6.45) is 1.67. The van der Waals surface area contributed by atoms with Gasteiger partial charge in [0.2, 0.25) is 10.0 Å². The highest BCUT2D eigenvalue weighted by Crippen LogP contribution is 2.21. The predicted octanol–water partition coefficient (Wildman–Crippen LogP) is 0.264. The molecule has 0 saturated heterocycles. The minimum Gasteiger partial charge on any atom is -0.436 e. The maximum atomic E-state index is 11.8. The Morgan fingerprint density at radius 3 is 2.19 bits per heavy atom. The topological polar surface area (TPSA) is 122 Å². The fraction of sp³-hybridized carbons (Fsp3) is 0.182. The molecule has 1 N–H and O–H groups in total. The molecule has 112 valence electrons. The van der Waals surface area contributed by atoms with E-state index in [1.807, 2.05) is 0 Å². The number of aromatic amines is 1. The molecule has 0 aliphatic heterocycles. The molecule has 21 heavy (non-hydrogen) atoms. The van der Waals surface area contributed by atoms with E-state index in [2.05, 4.69) is 15.4 Å². The molecule has 0 atom stereocenters. The van der Waals surface area contributed by atoms with E-state index in [9.17, 15) is 8.42 Å². The third-order valence-electron chi connectivity index (χ3n) is 2.22. The van der Waals surface area contributed by atoms with Crippen LogP contribution in [0.3, 0.4) is 0 Å². The van der Waals surface area contributed by atoms with Crippen molar-refractivity contribution in [3.05, 3.63) is 30.5 Å². The van der Waals surface area contributed by atoms with Crippen LogP contribution in [0.15, 0.2) is 35.4 Å². The molecule has 0 spiro atoms. The average Bonchev–Trinajstić information content (AvgIpc) is 2.93. The molecule has 2 aromatic rings. The molecular formula is C11H12N4O5S. The Morgan fingerprint density at radius 2 is 1.76 bits per heavy atom. The molecule has 10 heteroatoms. The number of ether oxygens (including phenoxy) is 1. The van der Waals surface area contributed by atoms with Gasteiger partial charge < -0.3 is 4.74 Å². The summed E-state index contributed by atoms with van der Waals surface area (Å²) in [6, 6.07) is 6.08. The lowest BCUT2D eigenvalue weighted by atomic mass is 10.3. The molecular weight excluding hydrogens is 300 g/mol. The van der Waals surface area contributed by atoms with Gasteiger partial charge in [-0.25, -0.2) is 12.7 Å². The summed E-state index contributed by atoms with van der Waals surface area (Å²) in [5, 5.41) is 9.73. The van der Waals surface area contributed by atoms with Gasteiger partial charge in [0.05, 0.1) is 4.90 Å². The Hall–Kier alpha value is -2.55. The number of hydrogen-bond donors (Lipinski definition) is 1. The van der Waals surface area contributed by atoms with Crippen LogP contribution in [0.5, 0.6) is 11.6 Å². The third kappa shape index (κ3) is 4.49. The monoisotopic (exact) mass is 312 g/mol. The van der Waals surface area contributed by atoms with Crippen molar-refractivity contribution in [2.45, 2.75) is 4.90 Å². The SMILES string of the molecule is CN(C)S(=O)(=O)c1ccc(Oc2cn[nH]n2)cc1.O=C=O. The summed E-state index contributed by atoms with van der Waals surface area (Å²) in [6.45, 7) is 0. The number of aromatic nitrogens is 3. The molecule has 9 nitrogen and oxygen atoms in total. The first-order valence-corrected chi connectivity index (χ1v) is 6.91. The molecule has 1 aromatic carbocycles. The van der Waals surface area contributed by atoms with Crippen LogP contribution in [0.1, 0.15) is 0 Å². The number of benzene rings is 1. The van der Waals surface area contributed by atoms with E-state index in [1.54, 1.807) is 12.1 Å². The van der Waals surface area contributed by atoms with Crippen molar-refractivity contribution >= 4 is 16.2 Å². The smallest absolute Gasteiger partial charge is 0.373 e. The van der Waals surface area contributed by atoms with Crippen LogP contribution >= 0.6 is 0 Å². The number of rotatable bonds is 4. The lowest BCUT2D eigenvalue weighted by Crippen LogP contribution is -2.22. The summed E-state index contributed by atoms with van der Waals surface area (Å²) >= 11 is 0. The Bertz CT molecular complexity index is 689. The van der Waals surface area contributed by atoms with Gasteiger partial charge in [0.1, 0.15) is 11.9 Å². The van der Waals surface area contributed by atoms with E-state index < -0.39 is 10.0 Å². The van der Waals surface area contributed by atoms with Crippen LogP contribution in [0.2, 0.25) is 0 Å². The first kappa shape index (κ1) is 16.5. The van der Waals surface area contributed by atoms with Gasteiger partial charge in [0.25, 0.3) is 5.88 Å². The second-order valence-corrected chi connectivity index (χ2v) is 5.90. The normalized spacial score (nSPS) is 10.4. The van der Waals surface area contributed by atoms with Gasteiger partial charge in [0.15, 0.2) is 0 Å². The van der Waals surface area contributed by atoms with Crippen molar-refractivity contribution in [2.75, 3.05) is 14.1 Å². The summed E-state index contributed by atoms with van der Waals surface area (Å²) in [5.41, 5.74) is 0. The quantitative estimate of drug-likeness (QED) is 0.859. The Morgan fingerprint density at radius 1 is 1.19 bits per heavy atom. The Kier molecular flexibility index (Phi) is 5.73. The zero-order valence-corrected chi connectivity index (χ0v) is 12.0. The minimum absolute atomic E-state index is 0.208. The number of H-pyrrole nitrogens is 1. The lowest BCUT2D eigenvalue weighted by Gasteiger charge is -2.11. The van der Waals surface area contributed by atoms with Gasteiger partial charge in [-0.1, -0.05) is 0 Å². The third-order valence-corrected chi connectivity index (χ3v) is 4.05. The molecule has 0 aliphatic rings. The van der Waals surface area contributed by atoms with E-state index in [0.717, 1.165) is 4.31 Å². The molecule has 0 unspecified atom stereocenters. The van der Waals surface area contributed by atoms with Gasteiger partial charge >= 0.3 is 6.15 Å². The molecule has 0 bridgehead atoms. The summed E-state index contributed by atoms with van der Waals surface area (Å²) in [5.74, 6) is 0.805. The summed E-state index contributed by atoms with van der Waals surface area (Å²) in [4.78, 5) is 16.5. The van der Waals surface area contributed by atoms with Crippen LogP contribution in [0, 0.1) is 0 Å². The summed E-state index contributed by atoms with van der Waals surface area (Å²) < 4.78 is 30.1. The molecule has 1 aromatic heterocycles. The van der Waals surface area contributed by atoms with E-state index in [0.29, 0.717) is 11.6 Å². The number of hydrogen-bond acceptors (Lipinski definition) is 7. The minimum atomic E-state index is -3.41. The predicted molar refractivity (Wildman–Crippen MR) is 68.8 cm³/mol. The zero-order chi connectivity index (χ0) is 15.9. The maximum Gasteiger partial charge on any atom is 0.373 e. The fourth-order valence-corrected chi connectivity index (χ4v) is 2.15. The maximum absolute atomic E-state index is 11.8. The highest BCUT2D eigenvalue weighted by molar-refractivity contribution is 7.89. The van der Waals surface area contributed by atoms with Crippen LogP contribution in [-0.2, 0) is 19.6 Å². The van der Waals surface area contributed by atoms with Gasteiger partial charge in [0, 0.05) is 14.1 Å². The Labute approximate surface area is 120 Å². The first-order valence-electron chi connectivity index (χ1n) is 5.47. The molecule has 2 rings (SSSR count). The van der Waals surface area contributed by atoms with Crippen molar-refractivity contribution in [1.29, 1.82) is 0 Å². The highest BCUT2D eigenvalue weighted by atomic mass is 32.2. The van der Waals surface area contributed by atoms with E-state index in [4.69, 9.17) is 14.3 Å². The molecule has 1 heterocycles. The molecule has 0 radical (unpaired) electrons. The molecule has 0 fully saturated rings. The van der Waals surface area contributed by atoms with Crippen LogP contribution in [0.4, 0.5) is 0 Å². The summed E-state index contributed by atoms with van der Waals surface area (Å²) in [7, 11) is -0.449. The fourth-order valence-electron chi connectivity index (χ4n) is 1.25. The van der Waals surface area contributed by atoms with Gasteiger partial charge in [-0.15, -0.1) is 5.10 Å². The molecule has 0 amide bonds. The second-order valence-electron chi connectivity index (χ2n) is 3.75. The van der Waals surface area contributed by atoms with Crippen molar-refractivity contribution in [3.63, 3.8) is 0 Å². The zero-order valence-electron chi connectivity index (χ0n) is 11.2. The number of nitrogens with zero attached hydrogens (tertiary/aromatic N) is 3. The molecule has 0 saturated carbocycles. The number of sulfonamides is 1. The number of carbonyl (C=O) groups excluding carboxylic acids is 2. The van der Waals surface area contributed by atoms with Gasteiger partial charge in [-0.05, 0) is 24.3 Å². The van der Waals surface area contributed by atoms with Crippen molar-refractivity contribution < 1.29 is 22.7 Å². The average molecular weight is 312 g/mol. The van der Waals surface area contributed by atoms with E-state index in [1.165, 1.54) is 32.4 Å². The van der Waals surface area contributed by atoms with Gasteiger partial charge in [-0.3, -0.25) is 0 Å². The standard InChI is InChI=1S/C10H12N4O3S.CO2/c1-14(2)18(15,16)9-5-3-8(4-6-9)17-10-7-11-13-12-10;2-1-3/h3-7H,1-2H3,(H,11,12,13);. The van der Waals surface area contributed by atoms with E-state index in [-0.39, 0.29) is 11.0 Å². The van der Waals surface area contributed by atoms with Gasteiger partial charge in [-0.2, -0.15) is 19.9 Å². The van der Waals surface area contributed by atoms with Crippen molar-refractivity contribution in [3.8, 4) is 11.6 Å². The van der Waals surface area contributed by atoms with Crippen LogP contribution in [0.25, 0.3) is 0 Å². The highest BCUT2D eigenvalue weighted by Gasteiger charge is 2.16. The lowest BCUT2D eigenvalue weighted by molar-refractivity contribution is -0.191. The number of nitrogens with one attached hydrogen (secondary N) is 1. The van der Waals surface area contributed by atoms with Crippen LogP contribution < -0.4 is 4.74 Å². The van der Waals surface area contributed by atoms with E-state index >= 15 is 0 Å². The Balaban J connectivity index is 0.000000677. The van der Waals surface area contributed by atoms with Crippen molar-refractivity contribution in [2.24, 2.45) is 0 Å². The largest absolute Gasteiger partial charge is 0.436 e. The van der Waals surface area contributed by atoms with Crippen molar-refractivity contribution in [1.82, 2.24) is 19.7 Å². The molecule has 0 aliphatic carbocycles. The first-order chi connectivity index (χ1) is 9.91. The van der Waals surface area contributed by atoms with Crippen LogP contribution in [-0.4, -0.2) is 48.4 Å². The second kappa shape index (κ2) is 7.29.